The number of pyridine rings is 1. The van der Waals surface area contributed by atoms with Crippen molar-refractivity contribution in [2.45, 2.75) is 26.6 Å². The van der Waals surface area contributed by atoms with Crippen molar-refractivity contribution in [1.82, 2.24) is 0 Å². The first kappa shape index (κ1) is 16.5. The highest BCUT2D eigenvalue weighted by molar-refractivity contribution is 7.25. The van der Waals surface area contributed by atoms with Crippen LogP contribution in [0.3, 0.4) is 0 Å². The molecule has 4 rings (SSSR count). The van der Waals surface area contributed by atoms with E-state index in [0.29, 0.717) is 0 Å². The second-order valence-electron chi connectivity index (χ2n) is 7.93. The zero-order chi connectivity index (χ0) is 17.8. The number of hydrogen-bond donors (Lipinski definition) is 0. The molecule has 0 spiro atoms. The maximum atomic E-state index is 2.40. The summed E-state index contributed by atoms with van der Waals surface area (Å²) in [5, 5.41) is 4.24. The molecular weight excluding hydrogens is 338 g/mol. The van der Waals surface area contributed by atoms with E-state index in [1.165, 1.54) is 42.2 Å². The zero-order valence-corrected chi connectivity index (χ0v) is 17.4. The lowest BCUT2D eigenvalue weighted by Crippen LogP contribution is -2.44. The Morgan fingerprint density at radius 1 is 0.880 bits per heavy atom. The number of aryl methyl sites for hydroxylation is 2. The van der Waals surface area contributed by atoms with Gasteiger partial charge in [-0.15, -0.1) is 11.3 Å². The molecule has 0 saturated carbocycles. The number of aromatic nitrogens is 1. The molecule has 0 aliphatic carbocycles. The Bertz CT molecular complexity index is 1100. The van der Waals surface area contributed by atoms with Crippen LogP contribution in [0.15, 0.2) is 54.7 Å². The Hall–Kier alpha value is -1.97. The molecule has 0 bridgehead atoms. The summed E-state index contributed by atoms with van der Waals surface area (Å²) in [6.07, 6.45) is 2.33. The maximum Gasteiger partial charge on any atom is 0.212 e. The Morgan fingerprint density at radius 3 is 2.36 bits per heavy atom. The third-order valence-corrected chi connectivity index (χ3v) is 8.16. The Kier molecular flexibility index (Phi) is 3.82. The molecule has 0 amide bonds. The molecule has 2 aromatic carbocycles. The normalized spacial score (nSPS) is 12.2. The van der Waals surface area contributed by atoms with Crippen LogP contribution in [0, 0.1) is 6.92 Å². The average Bonchev–Trinajstić information content (AvgIpc) is 2.90. The minimum Gasteiger partial charge on any atom is -0.201 e. The topological polar surface area (TPSA) is 3.88 Å². The fourth-order valence-electron chi connectivity index (χ4n) is 3.48. The smallest absolute Gasteiger partial charge is 0.201 e. The van der Waals surface area contributed by atoms with Crippen molar-refractivity contribution < 1.29 is 4.57 Å². The standard InChI is InChI=1S/C22H24NSSi/c1-15-12-22-19(17-8-6-7-9-21(17)24-22)13-18(15)20-11-10-16(14-23(20)2)25(3,4)5/h6-14H,1-5H3/q+1. The van der Waals surface area contributed by atoms with Gasteiger partial charge in [0.15, 0.2) is 6.20 Å². The van der Waals surface area contributed by atoms with Gasteiger partial charge in [0.05, 0.1) is 8.07 Å². The predicted octanol–water partition coefficient (Wildman–Crippen LogP) is 5.40. The summed E-state index contributed by atoms with van der Waals surface area (Å²) in [5.41, 5.74) is 3.97. The molecule has 2 aromatic heterocycles. The third-order valence-electron chi connectivity index (χ3n) is 5.00. The molecule has 3 heteroatoms. The first-order valence-electron chi connectivity index (χ1n) is 8.77. The van der Waals surface area contributed by atoms with Crippen LogP contribution in [-0.2, 0) is 7.05 Å². The van der Waals surface area contributed by atoms with E-state index < -0.39 is 8.07 Å². The highest BCUT2D eigenvalue weighted by atomic mass is 32.1. The van der Waals surface area contributed by atoms with Crippen molar-refractivity contribution in [2.75, 3.05) is 0 Å². The van der Waals surface area contributed by atoms with Crippen molar-refractivity contribution in [3.05, 3.63) is 60.3 Å². The lowest BCUT2D eigenvalue weighted by Gasteiger charge is -2.15. The van der Waals surface area contributed by atoms with Crippen molar-refractivity contribution in [3.63, 3.8) is 0 Å². The molecule has 25 heavy (non-hydrogen) atoms. The third kappa shape index (κ3) is 2.81. The Balaban J connectivity index is 1.94. The fourth-order valence-corrected chi connectivity index (χ4v) is 5.83. The molecule has 0 N–H and O–H groups in total. The molecule has 0 saturated heterocycles. The van der Waals surface area contributed by atoms with E-state index in [0.717, 1.165) is 0 Å². The summed E-state index contributed by atoms with van der Waals surface area (Å²) in [6.45, 7) is 9.43. The molecule has 0 atom stereocenters. The van der Waals surface area contributed by atoms with Crippen LogP contribution in [0.1, 0.15) is 5.56 Å². The van der Waals surface area contributed by atoms with Gasteiger partial charge in [-0.3, -0.25) is 0 Å². The summed E-state index contributed by atoms with van der Waals surface area (Å²) in [6, 6.07) is 18.1. The molecular formula is C22H24NSSi+. The summed E-state index contributed by atoms with van der Waals surface area (Å²) in [7, 11) is 0.884. The van der Waals surface area contributed by atoms with Crippen LogP contribution >= 0.6 is 11.3 Å². The van der Waals surface area contributed by atoms with Crippen molar-refractivity contribution >= 4 is 44.8 Å². The lowest BCUT2D eigenvalue weighted by atomic mass is 10.0. The summed E-state index contributed by atoms with van der Waals surface area (Å²) >= 11 is 1.89. The van der Waals surface area contributed by atoms with Gasteiger partial charge in [0.2, 0.25) is 5.69 Å². The second-order valence-corrected chi connectivity index (χ2v) is 14.1. The molecule has 0 radical (unpaired) electrons. The van der Waals surface area contributed by atoms with Crippen molar-refractivity contribution in [3.8, 4) is 11.3 Å². The SMILES string of the molecule is Cc1cc2sc3ccccc3c2cc1-c1ccc([Si](C)(C)C)c[n+]1C. The lowest BCUT2D eigenvalue weighted by molar-refractivity contribution is -0.659. The monoisotopic (exact) mass is 362 g/mol. The van der Waals surface area contributed by atoms with E-state index in [2.05, 4.69) is 92.9 Å². The molecule has 1 nitrogen and oxygen atoms in total. The van der Waals surface area contributed by atoms with Crippen LogP contribution in [-0.4, -0.2) is 8.07 Å². The minimum atomic E-state index is -1.29. The van der Waals surface area contributed by atoms with Crippen LogP contribution in [0.25, 0.3) is 31.4 Å². The van der Waals surface area contributed by atoms with Gasteiger partial charge in [-0.2, -0.15) is 0 Å². The van der Waals surface area contributed by atoms with E-state index in [9.17, 15) is 0 Å². The average molecular weight is 363 g/mol. The van der Waals surface area contributed by atoms with Gasteiger partial charge in [-0.25, -0.2) is 4.57 Å². The van der Waals surface area contributed by atoms with Gasteiger partial charge in [0.25, 0.3) is 0 Å². The minimum absolute atomic E-state index is 1.29. The second kappa shape index (κ2) is 5.79. The van der Waals surface area contributed by atoms with E-state index in [1.807, 2.05) is 11.3 Å². The van der Waals surface area contributed by atoms with E-state index in [4.69, 9.17) is 0 Å². The van der Waals surface area contributed by atoms with Crippen LogP contribution in [0.5, 0.6) is 0 Å². The number of nitrogens with zero attached hydrogens (tertiary/aromatic N) is 1. The van der Waals surface area contributed by atoms with Crippen LogP contribution in [0.2, 0.25) is 19.6 Å². The van der Waals surface area contributed by atoms with E-state index >= 15 is 0 Å². The molecule has 0 aliphatic heterocycles. The number of benzene rings is 2. The fraction of sp³-hybridized carbons (Fsp3) is 0.227. The Morgan fingerprint density at radius 2 is 1.64 bits per heavy atom. The molecule has 126 valence electrons. The molecule has 2 heterocycles. The summed E-state index contributed by atoms with van der Waals surface area (Å²) in [4.78, 5) is 0. The number of hydrogen-bond acceptors (Lipinski definition) is 1. The van der Waals surface area contributed by atoms with Crippen LogP contribution < -0.4 is 9.75 Å². The van der Waals surface area contributed by atoms with Gasteiger partial charge in [-0.1, -0.05) is 43.9 Å². The van der Waals surface area contributed by atoms with Gasteiger partial charge in [-0.05, 0) is 30.7 Å². The largest absolute Gasteiger partial charge is 0.212 e. The van der Waals surface area contributed by atoms with E-state index in [1.54, 1.807) is 0 Å². The Labute approximate surface area is 154 Å². The van der Waals surface area contributed by atoms with Gasteiger partial charge in [0, 0.05) is 37.0 Å². The van der Waals surface area contributed by atoms with Crippen molar-refractivity contribution in [2.24, 2.45) is 7.05 Å². The zero-order valence-electron chi connectivity index (χ0n) is 15.6. The predicted molar refractivity (Wildman–Crippen MR) is 114 cm³/mol. The van der Waals surface area contributed by atoms with Gasteiger partial charge < -0.3 is 0 Å². The molecule has 0 aliphatic rings. The van der Waals surface area contributed by atoms with Crippen molar-refractivity contribution in [1.29, 1.82) is 0 Å². The first-order chi connectivity index (χ1) is 11.8. The van der Waals surface area contributed by atoms with E-state index in [-0.39, 0.29) is 0 Å². The first-order valence-corrected chi connectivity index (χ1v) is 13.1. The van der Waals surface area contributed by atoms with Crippen LogP contribution in [0.4, 0.5) is 0 Å². The highest BCUT2D eigenvalue weighted by Crippen LogP contribution is 2.37. The van der Waals surface area contributed by atoms with Gasteiger partial charge in [0.1, 0.15) is 7.05 Å². The number of thiophene rings is 1. The number of rotatable bonds is 2. The maximum absolute atomic E-state index is 2.40. The highest BCUT2D eigenvalue weighted by Gasteiger charge is 2.22. The quantitative estimate of drug-likeness (QED) is 0.332. The molecule has 0 fully saturated rings. The summed E-state index contributed by atoms with van der Waals surface area (Å²) < 4.78 is 5.05. The molecule has 4 aromatic rings. The van der Waals surface area contributed by atoms with Gasteiger partial charge >= 0.3 is 0 Å². The number of fused-ring (bicyclic) bond motifs is 3. The summed E-state index contributed by atoms with van der Waals surface area (Å²) in [5.74, 6) is 0. The molecule has 0 unspecified atom stereocenters.